The van der Waals surface area contributed by atoms with Gasteiger partial charge in [0.15, 0.2) is 0 Å². The maximum Gasteiger partial charge on any atom is 0.254 e. The number of fused-ring (bicyclic) bond motifs is 1. The first-order valence-corrected chi connectivity index (χ1v) is 5.77. The predicted octanol–water partition coefficient (Wildman–Crippen LogP) is 2.16. The fraction of sp³-hybridized carbons (Fsp3) is 0.0714. The van der Waals surface area contributed by atoms with Crippen molar-refractivity contribution in [1.29, 1.82) is 0 Å². The van der Waals surface area contributed by atoms with E-state index >= 15 is 0 Å². The Balaban J connectivity index is 2.00. The van der Waals surface area contributed by atoms with Gasteiger partial charge in [-0.05, 0) is 31.2 Å². The maximum atomic E-state index is 5.33. The van der Waals surface area contributed by atoms with Crippen LogP contribution in [0, 0.1) is 19.3 Å². The SMILES string of the molecule is C#Cc1ccc(Nc2cc(C)nc3ncnn23)cc1. The molecule has 5 nitrogen and oxygen atoms in total. The van der Waals surface area contributed by atoms with Gasteiger partial charge in [-0.3, -0.25) is 0 Å². The molecule has 0 atom stereocenters. The van der Waals surface area contributed by atoms with Crippen molar-refractivity contribution in [2.45, 2.75) is 6.92 Å². The summed E-state index contributed by atoms with van der Waals surface area (Å²) >= 11 is 0. The quantitative estimate of drug-likeness (QED) is 0.707. The van der Waals surface area contributed by atoms with E-state index in [1.807, 2.05) is 37.3 Å². The third-order valence-corrected chi connectivity index (χ3v) is 2.70. The predicted molar refractivity (Wildman–Crippen MR) is 73.2 cm³/mol. The zero-order valence-electron chi connectivity index (χ0n) is 10.3. The molecular weight excluding hydrogens is 238 g/mol. The normalized spacial score (nSPS) is 10.3. The Morgan fingerprint density at radius 3 is 2.79 bits per heavy atom. The topological polar surface area (TPSA) is 55.1 Å². The second-order valence-electron chi connectivity index (χ2n) is 4.10. The van der Waals surface area contributed by atoms with E-state index in [9.17, 15) is 0 Å². The van der Waals surface area contributed by atoms with Crippen molar-refractivity contribution >= 4 is 17.3 Å². The van der Waals surface area contributed by atoms with Gasteiger partial charge in [0.25, 0.3) is 5.78 Å². The number of terminal acetylenes is 1. The van der Waals surface area contributed by atoms with Crippen molar-refractivity contribution in [2.75, 3.05) is 5.32 Å². The number of rotatable bonds is 2. The molecule has 3 rings (SSSR count). The summed E-state index contributed by atoms with van der Waals surface area (Å²) in [7, 11) is 0. The summed E-state index contributed by atoms with van der Waals surface area (Å²) in [5.41, 5.74) is 2.66. The van der Waals surface area contributed by atoms with Gasteiger partial charge in [-0.25, -0.2) is 4.98 Å². The van der Waals surface area contributed by atoms with Gasteiger partial charge in [-0.1, -0.05) is 5.92 Å². The molecule has 2 aromatic heterocycles. The molecule has 0 aliphatic rings. The number of nitrogens with zero attached hydrogens (tertiary/aromatic N) is 4. The molecule has 0 fully saturated rings. The minimum atomic E-state index is 0.572. The molecule has 0 saturated heterocycles. The average Bonchev–Trinajstić information content (AvgIpc) is 2.88. The van der Waals surface area contributed by atoms with E-state index in [4.69, 9.17) is 6.42 Å². The van der Waals surface area contributed by atoms with Crippen LogP contribution in [0.3, 0.4) is 0 Å². The summed E-state index contributed by atoms with van der Waals surface area (Å²) in [6.07, 6.45) is 6.81. The molecule has 92 valence electrons. The number of aromatic nitrogens is 4. The molecule has 1 N–H and O–H groups in total. The van der Waals surface area contributed by atoms with E-state index in [0.29, 0.717) is 5.78 Å². The number of hydrogen-bond acceptors (Lipinski definition) is 4. The van der Waals surface area contributed by atoms with Crippen molar-refractivity contribution in [3.8, 4) is 12.3 Å². The van der Waals surface area contributed by atoms with Crippen molar-refractivity contribution in [2.24, 2.45) is 0 Å². The Morgan fingerprint density at radius 1 is 1.26 bits per heavy atom. The summed E-state index contributed by atoms with van der Waals surface area (Å²) in [5, 5.41) is 7.41. The van der Waals surface area contributed by atoms with Crippen molar-refractivity contribution in [1.82, 2.24) is 19.6 Å². The van der Waals surface area contributed by atoms with Gasteiger partial charge in [0.2, 0.25) is 0 Å². The fourth-order valence-electron chi connectivity index (χ4n) is 1.82. The van der Waals surface area contributed by atoms with Gasteiger partial charge in [0.1, 0.15) is 12.1 Å². The average molecular weight is 249 g/mol. The molecule has 2 heterocycles. The maximum absolute atomic E-state index is 5.33. The van der Waals surface area contributed by atoms with E-state index in [0.717, 1.165) is 22.8 Å². The summed E-state index contributed by atoms with van der Waals surface area (Å²) in [5.74, 6) is 3.97. The Bertz CT molecular complexity index is 765. The highest BCUT2D eigenvalue weighted by atomic mass is 15.3. The molecule has 1 aromatic carbocycles. The fourth-order valence-corrected chi connectivity index (χ4v) is 1.82. The largest absolute Gasteiger partial charge is 0.340 e. The number of benzene rings is 1. The molecule has 5 heteroatoms. The molecule has 0 amide bonds. The molecule has 0 spiro atoms. The minimum Gasteiger partial charge on any atom is -0.340 e. The van der Waals surface area contributed by atoms with Crippen LogP contribution in [0.5, 0.6) is 0 Å². The van der Waals surface area contributed by atoms with Gasteiger partial charge in [0, 0.05) is 23.0 Å². The summed E-state index contributed by atoms with van der Waals surface area (Å²) in [6, 6.07) is 9.53. The summed E-state index contributed by atoms with van der Waals surface area (Å²) in [4.78, 5) is 8.37. The highest BCUT2D eigenvalue weighted by Gasteiger charge is 2.05. The van der Waals surface area contributed by atoms with E-state index in [1.54, 1.807) is 4.52 Å². The van der Waals surface area contributed by atoms with Crippen LogP contribution in [-0.4, -0.2) is 19.6 Å². The van der Waals surface area contributed by atoms with Crippen LogP contribution in [0.4, 0.5) is 11.5 Å². The minimum absolute atomic E-state index is 0.572. The Labute approximate surface area is 110 Å². The van der Waals surface area contributed by atoms with E-state index < -0.39 is 0 Å². The van der Waals surface area contributed by atoms with Crippen LogP contribution in [0.25, 0.3) is 5.78 Å². The monoisotopic (exact) mass is 249 g/mol. The number of nitrogens with one attached hydrogen (secondary N) is 1. The Hall–Kier alpha value is -2.87. The van der Waals surface area contributed by atoms with Gasteiger partial charge < -0.3 is 5.32 Å². The molecule has 0 unspecified atom stereocenters. The van der Waals surface area contributed by atoms with Gasteiger partial charge >= 0.3 is 0 Å². The van der Waals surface area contributed by atoms with Crippen LogP contribution in [0.1, 0.15) is 11.3 Å². The van der Waals surface area contributed by atoms with Crippen molar-refractivity contribution in [3.05, 3.63) is 47.9 Å². The summed E-state index contributed by atoms with van der Waals surface area (Å²) in [6.45, 7) is 1.92. The van der Waals surface area contributed by atoms with Crippen molar-refractivity contribution < 1.29 is 0 Å². The van der Waals surface area contributed by atoms with E-state index in [1.165, 1.54) is 6.33 Å². The van der Waals surface area contributed by atoms with Crippen LogP contribution in [0.2, 0.25) is 0 Å². The van der Waals surface area contributed by atoms with Crippen LogP contribution >= 0.6 is 0 Å². The molecule has 0 aliphatic carbocycles. The lowest BCUT2D eigenvalue weighted by Crippen LogP contribution is -2.02. The van der Waals surface area contributed by atoms with Crippen LogP contribution < -0.4 is 5.32 Å². The highest BCUT2D eigenvalue weighted by molar-refractivity contribution is 5.59. The zero-order valence-corrected chi connectivity index (χ0v) is 10.3. The molecule has 19 heavy (non-hydrogen) atoms. The molecule has 3 aromatic rings. The number of aryl methyl sites for hydroxylation is 1. The third-order valence-electron chi connectivity index (χ3n) is 2.70. The lowest BCUT2D eigenvalue weighted by molar-refractivity contribution is 0.937. The molecule has 0 aliphatic heterocycles. The molecule has 0 bridgehead atoms. The van der Waals surface area contributed by atoms with E-state index in [2.05, 4.69) is 26.3 Å². The molecule has 0 radical (unpaired) electrons. The zero-order chi connectivity index (χ0) is 13.2. The second-order valence-corrected chi connectivity index (χ2v) is 4.10. The van der Waals surface area contributed by atoms with Crippen molar-refractivity contribution in [3.63, 3.8) is 0 Å². The van der Waals surface area contributed by atoms with Crippen LogP contribution in [-0.2, 0) is 0 Å². The second kappa shape index (κ2) is 4.42. The van der Waals surface area contributed by atoms with E-state index in [-0.39, 0.29) is 0 Å². The first-order chi connectivity index (χ1) is 9.26. The number of hydrogen-bond donors (Lipinski definition) is 1. The smallest absolute Gasteiger partial charge is 0.254 e. The Morgan fingerprint density at radius 2 is 2.05 bits per heavy atom. The van der Waals surface area contributed by atoms with Gasteiger partial charge in [-0.2, -0.15) is 14.6 Å². The first kappa shape index (κ1) is 11.2. The number of anilines is 2. The van der Waals surface area contributed by atoms with Gasteiger partial charge in [0.05, 0.1) is 0 Å². The lowest BCUT2D eigenvalue weighted by atomic mass is 10.2. The first-order valence-electron chi connectivity index (χ1n) is 5.77. The lowest BCUT2D eigenvalue weighted by Gasteiger charge is -2.08. The molecular formula is C14H11N5. The molecule has 0 saturated carbocycles. The summed E-state index contributed by atoms with van der Waals surface area (Å²) < 4.78 is 1.65. The third kappa shape index (κ3) is 2.11. The van der Waals surface area contributed by atoms with Gasteiger partial charge in [-0.15, -0.1) is 6.42 Å². The van der Waals surface area contributed by atoms with Crippen LogP contribution in [0.15, 0.2) is 36.7 Å². The Kier molecular flexibility index (Phi) is 2.62. The standard InChI is InChI=1S/C14H11N5/c1-3-11-4-6-12(7-5-11)18-13-8-10(2)17-14-15-9-16-19(13)14/h1,4-9,18H,2H3. The highest BCUT2D eigenvalue weighted by Crippen LogP contribution is 2.17.